The highest BCUT2D eigenvalue weighted by molar-refractivity contribution is 14.1. The largest absolute Gasteiger partial charge is 0.310 e. The van der Waals surface area contributed by atoms with Crippen LogP contribution < -0.4 is 5.32 Å². The van der Waals surface area contributed by atoms with Crippen molar-refractivity contribution in [2.75, 3.05) is 6.54 Å². The lowest BCUT2D eigenvalue weighted by molar-refractivity contribution is 0.547. The highest BCUT2D eigenvalue weighted by Gasteiger charge is 2.14. The molecule has 19 heavy (non-hydrogen) atoms. The van der Waals surface area contributed by atoms with Crippen LogP contribution in [-0.2, 0) is 6.42 Å². The molecule has 0 saturated carbocycles. The molecule has 1 unspecified atom stereocenters. The number of hydrogen-bond donors (Lipinski definition) is 1. The lowest BCUT2D eigenvalue weighted by Gasteiger charge is -2.20. The first-order chi connectivity index (χ1) is 9.20. The summed E-state index contributed by atoms with van der Waals surface area (Å²) in [6.45, 7) is 3.04. The lowest BCUT2D eigenvalue weighted by atomic mass is 10.00. The van der Waals surface area contributed by atoms with E-state index in [2.05, 4.69) is 51.9 Å². The lowest BCUT2D eigenvalue weighted by Crippen LogP contribution is -2.23. The molecule has 0 spiro atoms. The summed E-state index contributed by atoms with van der Waals surface area (Å²) in [5, 5.41) is 4.31. The molecule has 1 atom stereocenters. The van der Waals surface area contributed by atoms with Gasteiger partial charge in [0.25, 0.3) is 0 Å². The summed E-state index contributed by atoms with van der Waals surface area (Å²) >= 11 is 8.48. The molecule has 1 N–H and O–H groups in total. The molecule has 1 heterocycles. The number of halogens is 2. The Balaban J connectivity index is 2.27. The Morgan fingerprint density at radius 1 is 1.37 bits per heavy atom. The summed E-state index contributed by atoms with van der Waals surface area (Å²) in [5.74, 6) is 0. The fourth-order valence-corrected chi connectivity index (χ4v) is 2.97. The van der Waals surface area contributed by atoms with E-state index in [-0.39, 0.29) is 6.04 Å². The summed E-state index contributed by atoms with van der Waals surface area (Å²) in [7, 11) is 0. The minimum Gasteiger partial charge on any atom is -0.310 e. The summed E-state index contributed by atoms with van der Waals surface area (Å²) in [4.78, 5) is 4.18. The van der Waals surface area contributed by atoms with Crippen LogP contribution in [0.25, 0.3) is 0 Å². The number of benzene rings is 1. The smallest absolute Gasteiger partial charge is 0.0410 e. The van der Waals surface area contributed by atoms with Gasteiger partial charge in [-0.3, -0.25) is 4.98 Å². The number of rotatable bonds is 5. The highest BCUT2D eigenvalue weighted by Crippen LogP contribution is 2.26. The van der Waals surface area contributed by atoms with Crippen molar-refractivity contribution in [1.82, 2.24) is 10.3 Å². The first-order valence-corrected chi connectivity index (χ1v) is 7.73. The fourth-order valence-electron chi connectivity index (χ4n) is 2.07. The van der Waals surface area contributed by atoms with E-state index >= 15 is 0 Å². The van der Waals surface area contributed by atoms with E-state index in [9.17, 15) is 0 Å². The van der Waals surface area contributed by atoms with Crippen molar-refractivity contribution in [1.29, 1.82) is 0 Å². The molecule has 0 radical (unpaired) electrons. The number of hydrogen-bond acceptors (Lipinski definition) is 2. The van der Waals surface area contributed by atoms with Gasteiger partial charge in [-0.25, -0.2) is 0 Å². The molecule has 2 rings (SSSR count). The Morgan fingerprint density at radius 3 is 2.89 bits per heavy atom. The molecular formula is C15H16ClIN2. The average molecular weight is 387 g/mol. The maximum atomic E-state index is 6.12. The van der Waals surface area contributed by atoms with Crippen molar-refractivity contribution < 1.29 is 0 Å². The molecule has 0 aliphatic carbocycles. The normalized spacial score (nSPS) is 12.4. The SMILES string of the molecule is CCNC(Cc1cccnc1)c1cc(Cl)ccc1I. The molecule has 0 amide bonds. The molecule has 0 aliphatic heterocycles. The Morgan fingerprint density at radius 2 is 2.21 bits per heavy atom. The fraction of sp³-hybridized carbons (Fsp3) is 0.267. The minimum absolute atomic E-state index is 0.264. The van der Waals surface area contributed by atoms with Gasteiger partial charge in [0, 0.05) is 27.0 Å². The van der Waals surface area contributed by atoms with Crippen molar-refractivity contribution in [2.45, 2.75) is 19.4 Å². The van der Waals surface area contributed by atoms with Crippen LogP contribution in [0.15, 0.2) is 42.7 Å². The Hall–Kier alpha value is -0.650. The Kier molecular flexibility index (Phi) is 5.60. The van der Waals surface area contributed by atoms with Gasteiger partial charge in [-0.1, -0.05) is 24.6 Å². The van der Waals surface area contributed by atoms with Gasteiger partial charge in [0.05, 0.1) is 0 Å². The Bertz CT molecular complexity index is 531. The molecule has 100 valence electrons. The molecule has 0 fully saturated rings. The average Bonchev–Trinajstić information content (AvgIpc) is 2.42. The summed E-state index contributed by atoms with van der Waals surface area (Å²) in [6.07, 6.45) is 4.63. The zero-order chi connectivity index (χ0) is 13.7. The van der Waals surface area contributed by atoms with Gasteiger partial charge in [0.15, 0.2) is 0 Å². The van der Waals surface area contributed by atoms with E-state index in [0.717, 1.165) is 18.0 Å². The zero-order valence-corrected chi connectivity index (χ0v) is 13.6. The van der Waals surface area contributed by atoms with Crippen LogP contribution in [0, 0.1) is 3.57 Å². The Labute approximate surface area is 132 Å². The van der Waals surface area contributed by atoms with E-state index in [1.165, 1.54) is 14.7 Å². The molecular weight excluding hydrogens is 371 g/mol. The first kappa shape index (κ1) is 14.8. The minimum atomic E-state index is 0.264. The summed E-state index contributed by atoms with van der Waals surface area (Å²) in [5.41, 5.74) is 2.48. The zero-order valence-electron chi connectivity index (χ0n) is 10.7. The third kappa shape index (κ3) is 4.16. The maximum Gasteiger partial charge on any atom is 0.0410 e. The van der Waals surface area contributed by atoms with Crippen molar-refractivity contribution >= 4 is 34.2 Å². The topological polar surface area (TPSA) is 24.9 Å². The highest BCUT2D eigenvalue weighted by atomic mass is 127. The molecule has 0 saturated heterocycles. The number of nitrogens with zero attached hydrogens (tertiary/aromatic N) is 1. The van der Waals surface area contributed by atoms with Crippen LogP contribution in [0.1, 0.15) is 24.1 Å². The number of pyridine rings is 1. The molecule has 4 heteroatoms. The molecule has 0 aliphatic rings. The quantitative estimate of drug-likeness (QED) is 0.778. The van der Waals surface area contributed by atoms with Crippen LogP contribution in [0.3, 0.4) is 0 Å². The molecule has 1 aromatic carbocycles. The van der Waals surface area contributed by atoms with Crippen LogP contribution in [0.4, 0.5) is 0 Å². The second-order valence-corrected chi connectivity index (χ2v) is 5.94. The maximum absolute atomic E-state index is 6.12. The van der Waals surface area contributed by atoms with E-state index in [4.69, 9.17) is 11.6 Å². The van der Waals surface area contributed by atoms with Gasteiger partial charge in [-0.2, -0.15) is 0 Å². The third-order valence-electron chi connectivity index (χ3n) is 2.95. The standard InChI is InChI=1S/C15H16ClIN2/c1-2-19-15(8-11-4-3-7-18-10-11)13-9-12(16)5-6-14(13)17/h3-7,9-10,15,19H,2,8H2,1H3. The van der Waals surface area contributed by atoms with Gasteiger partial charge in [0.1, 0.15) is 0 Å². The van der Waals surface area contributed by atoms with Crippen molar-refractivity contribution in [3.63, 3.8) is 0 Å². The van der Waals surface area contributed by atoms with E-state index in [1.807, 2.05) is 24.4 Å². The predicted octanol–water partition coefficient (Wildman–Crippen LogP) is 4.23. The van der Waals surface area contributed by atoms with Gasteiger partial charge in [-0.15, -0.1) is 0 Å². The second kappa shape index (κ2) is 7.22. The predicted molar refractivity (Wildman–Crippen MR) is 88.5 cm³/mol. The second-order valence-electron chi connectivity index (χ2n) is 4.34. The van der Waals surface area contributed by atoms with Crippen molar-refractivity contribution in [3.8, 4) is 0 Å². The molecule has 2 aromatic rings. The number of nitrogens with one attached hydrogen (secondary N) is 1. The van der Waals surface area contributed by atoms with E-state index < -0.39 is 0 Å². The van der Waals surface area contributed by atoms with Crippen molar-refractivity contribution in [3.05, 3.63) is 62.4 Å². The van der Waals surface area contributed by atoms with Crippen LogP contribution in [0.5, 0.6) is 0 Å². The monoisotopic (exact) mass is 386 g/mol. The third-order valence-corrected chi connectivity index (χ3v) is 4.16. The van der Waals surface area contributed by atoms with Gasteiger partial charge < -0.3 is 5.32 Å². The van der Waals surface area contributed by atoms with E-state index in [0.29, 0.717) is 0 Å². The van der Waals surface area contributed by atoms with Crippen LogP contribution in [-0.4, -0.2) is 11.5 Å². The number of aromatic nitrogens is 1. The van der Waals surface area contributed by atoms with Crippen LogP contribution >= 0.6 is 34.2 Å². The van der Waals surface area contributed by atoms with E-state index in [1.54, 1.807) is 6.20 Å². The number of likely N-dealkylation sites (N-methyl/N-ethyl adjacent to an activating group) is 1. The van der Waals surface area contributed by atoms with Gasteiger partial charge >= 0.3 is 0 Å². The van der Waals surface area contributed by atoms with Crippen LogP contribution in [0.2, 0.25) is 5.02 Å². The van der Waals surface area contributed by atoms with Gasteiger partial charge in [-0.05, 0) is 70.9 Å². The first-order valence-electron chi connectivity index (χ1n) is 6.28. The summed E-state index contributed by atoms with van der Waals surface area (Å²) in [6, 6.07) is 10.4. The van der Waals surface area contributed by atoms with Crippen molar-refractivity contribution in [2.24, 2.45) is 0 Å². The van der Waals surface area contributed by atoms with Gasteiger partial charge in [0.2, 0.25) is 0 Å². The molecule has 0 bridgehead atoms. The molecule has 2 nitrogen and oxygen atoms in total. The molecule has 1 aromatic heterocycles. The summed E-state index contributed by atoms with van der Waals surface area (Å²) < 4.78 is 1.23.